The Bertz CT molecular complexity index is 507. The quantitative estimate of drug-likeness (QED) is 0.612. The summed E-state index contributed by atoms with van der Waals surface area (Å²) < 4.78 is 32.7. The number of nitrogens with two attached hydrogens (primary N) is 1. The van der Waals surface area contributed by atoms with Crippen LogP contribution in [0.1, 0.15) is 6.23 Å². The first-order valence-electron chi connectivity index (χ1n) is 5.04. The smallest absolute Gasteiger partial charge is 0.351 e. The standard InChI is InChI=1S/C9H11F2N3O4/c10-9(11)6(16)4(3-15)18-7(9)14-2-1-5(12)13-8(14)17/h1-2,4,6-7,15-16H,3H2,(H2,12,13,17)/t4-,6+,7?/m1/s1. The fraction of sp³-hybridized carbons (Fsp3) is 0.556. The van der Waals surface area contributed by atoms with E-state index in [2.05, 4.69) is 4.98 Å². The summed E-state index contributed by atoms with van der Waals surface area (Å²) in [6.07, 6.45) is -4.69. The summed E-state index contributed by atoms with van der Waals surface area (Å²) in [6.45, 7) is -0.787. The highest BCUT2D eigenvalue weighted by Crippen LogP contribution is 2.41. The lowest BCUT2D eigenvalue weighted by atomic mass is 10.1. The van der Waals surface area contributed by atoms with Crippen molar-refractivity contribution in [1.82, 2.24) is 9.55 Å². The van der Waals surface area contributed by atoms with Crippen molar-refractivity contribution in [2.45, 2.75) is 24.4 Å². The molecule has 2 rings (SSSR count). The maximum Gasteiger partial charge on any atom is 0.351 e. The van der Waals surface area contributed by atoms with E-state index >= 15 is 0 Å². The molecule has 1 aliphatic heterocycles. The van der Waals surface area contributed by atoms with Gasteiger partial charge in [0.1, 0.15) is 11.9 Å². The third kappa shape index (κ3) is 1.85. The minimum Gasteiger partial charge on any atom is -0.394 e. The molecule has 0 saturated carbocycles. The number of rotatable bonds is 2. The van der Waals surface area contributed by atoms with Gasteiger partial charge in [-0.1, -0.05) is 0 Å². The Hall–Kier alpha value is -1.58. The monoisotopic (exact) mass is 263 g/mol. The second-order valence-electron chi connectivity index (χ2n) is 3.87. The van der Waals surface area contributed by atoms with Gasteiger partial charge < -0.3 is 20.7 Å². The zero-order valence-corrected chi connectivity index (χ0v) is 9.03. The Balaban J connectivity index is 2.42. The minimum atomic E-state index is -3.71. The van der Waals surface area contributed by atoms with E-state index in [0.29, 0.717) is 4.57 Å². The number of halogens is 2. The summed E-state index contributed by atoms with van der Waals surface area (Å²) in [5, 5.41) is 18.1. The normalized spacial score (nSPS) is 30.6. The van der Waals surface area contributed by atoms with Gasteiger partial charge in [0.25, 0.3) is 0 Å². The average Bonchev–Trinajstić information content (AvgIpc) is 2.52. The molecule has 0 spiro atoms. The molecule has 0 radical (unpaired) electrons. The molecule has 1 fully saturated rings. The maximum atomic E-state index is 13.7. The fourth-order valence-electron chi connectivity index (χ4n) is 1.72. The van der Waals surface area contributed by atoms with E-state index in [1.165, 1.54) is 0 Å². The number of nitrogen functional groups attached to an aromatic ring is 1. The molecule has 1 aliphatic rings. The largest absolute Gasteiger partial charge is 0.394 e. The highest BCUT2D eigenvalue weighted by atomic mass is 19.3. The van der Waals surface area contributed by atoms with Crippen LogP contribution in [0.4, 0.5) is 14.6 Å². The molecule has 1 aromatic heterocycles. The van der Waals surface area contributed by atoms with Crippen LogP contribution in [0.5, 0.6) is 0 Å². The number of aliphatic hydroxyl groups excluding tert-OH is 2. The van der Waals surface area contributed by atoms with Crippen molar-refractivity contribution in [3.63, 3.8) is 0 Å². The van der Waals surface area contributed by atoms with Crippen LogP contribution in [-0.2, 0) is 4.74 Å². The highest BCUT2D eigenvalue weighted by Gasteiger charge is 2.59. The van der Waals surface area contributed by atoms with E-state index in [9.17, 15) is 18.7 Å². The third-order valence-electron chi connectivity index (χ3n) is 2.66. The van der Waals surface area contributed by atoms with Crippen LogP contribution in [0.2, 0.25) is 0 Å². The van der Waals surface area contributed by atoms with E-state index < -0.39 is 36.7 Å². The van der Waals surface area contributed by atoms with E-state index in [1.54, 1.807) is 0 Å². The van der Waals surface area contributed by atoms with Crippen LogP contribution in [0.25, 0.3) is 0 Å². The Labute approximate surface area is 99.4 Å². The summed E-state index contributed by atoms with van der Waals surface area (Å²) in [7, 11) is 0. The first-order valence-corrected chi connectivity index (χ1v) is 5.04. The summed E-state index contributed by atoms with van der Waals surface area (Å²) in [4.78, 5) is 14.7. The van der Waals surface area contributed by atoms with Crippen molar-refractivity contribution in [2.75, 3.05) is 12.3 Å². The zero-order valence-electron chi connectivity index (χ0n) is 9.03. The SMILES string of the molecule is Nc1ccn(C2O[C@H](CO)[C@H](O)C2(F)F)c(=O)n1. The van der Waals surface area contributed by atoms with Crippen molar-refractivity contribution < 1.29 is 23.7 Å². The number of aliphatic hydroxyl groups is 2. The van der Waals surface area contributed by atoms with Crippen LogP contribution >= 0.6 is 0 Å². The fourth-order valence-corrected chi connectivity index (χ4v) is 1.72. The van der Waals surface area contributed by atoms with E-state index in [0.717, 1.165) is 12.3 Å². The van der Waals surface area contributed by atoms with E-state index in [-0.39, 0.29) is 5.82 Å². The van der Waals surface area contributed by atoms with Gasteiger partial charge in [-0.2, -0.15) is 13.8 Å². The van der Waals surface area contributed by atoms with Crippen LogP contribution in [0.3, 0.4) is 0 Å². The first kappa shape index (κ1) is 12.9. The second kappa shape index (κ2) is 4.26. The van der Waals surface area contributed by atoms with Gasteiger partial charge in [-0.3, -0.25) is 4.57 Å². The second-order valence-corrected chi connectivity index (χ2v) is 3.87. The van der Waals surface area contributed by atoms with Crippen molar-refractivity contribution in [2.24, 2.45) is 0 Å². The molecule has 0 bridgehead atoms. The van der Waals surface area contributed by atoms with Crippen LogP contribution < -0.4 is 11.4 Å². The molecule has 0 aliphatic carbocycles. The Kier molecular flexibility index (Phi) is 3.05. The first-order chi connectivity index (χ1) is 8.37. The molecule has 0 aromatic carbocycles. The van der Waals surface area contributed by atoms with Gasteiger partial charge in [0, 0.05) is 6.20 Å². The number of hydrogen-bond donors (Lipinski definition) is 3. The lowest BCUT2D eigenvalue weighted by Crippen LogP contribution is -2.41. The van der Waals surface area contributed by atoms with Crippen molar-refractivity contribution in [1.29, 1.82) is 0 Å². The van der Waals surface area contributed by atoms with Crippen molar-refractivity contribution in [3.05, 3.63) is 22.7 Å². The van der Waals surface area contributed by atoms with Gasteiger partial charge >= 0.3 is 11.6 Å². The molecule has 100 valence electrons. The number of hydrogen-bond acceptors (Lipinski definition) is 6. The number of nitrogens with zero attached hydrogens (tertiary/aromatic N) is 2. The predicted octanol–water partition coefficient (Wildman–Crippen LogP) is -1.29. The summed E-state index contributed by atoms with van der Waals surface area (Å²) >= 11 is 0. The van der Waals surface area contributed by atoms with Crippen LogP contribution in [0.15, 0.2) is 17.1 Å². The third-order valence-corrected chi connectivity index (χ3v) is 2.66. The highest BCUT2D eigenvalue weighted by molar-refractivity contribution is 5.23. The lowest BCUT2D eigenvalue weighted by molar-refractivity contribution is -0.140. The molecule has 1 saturated heterocycles. The Morgan fingerprint density at radius 1 is 1.61 bits per heavy atom. The van der Waals surface area contributed by atoms with Crippen molar-refractivity contribution >= 4 is 5.82 Å². The van der Waals surface area contributed by atoms with Gasteiger partial charge in [0.05, 0.1) is 6.61 Å². The van der Waals surface area contributed by atoms with Gasteiger partial charge in [0.2, 0.25) is 6.23 Å². The molecular weight excluding hydrogens is 252 g/mol. The van der Waals surface area contributed by atoms with E-state index in [1.807, 2.05) is 0 Å². The molecule has 1 aromatic rings. The van der Waals surface area contributed by atoms with Gasteiger partial charge in [-0.15, -0.1) is 0 Å². The Morgan fingerprint density at radius 3 is 2.78 bits per heavy atom. The molecular formula is C9H11F2N3O4. The van der Waals surface area contributed by atoms with E-state index in [4.69, 9.17) is 15.6 Å². The molecule has 0 amide bonds. The lowest BCUT2D eigenvalue weighted by Gasteiger charge is -2.20. The zero-order chi connectivity index (χ0) is 13.5. The molecule has 18 heavy (non-hydrogen) atoms. The van der Waals surface area contributed by atoms with Crippen molar-refractivity contribution in [3.8, 4) is 0 Å². The van der Waals surface area contributed by atoms with Crippen LogP contribution in [0, 0.1) is 0 Å². The molecule has 9 heteroatoms. The molecule has 3 atom stereocenters. The Morgan fingerprint density at radius 2 is 2.28 bits per heavy atom. The van der Waals surface area contributed by atoms with Gasteiger partial charge in [-0.05, 0) is 6.07 Å². The summed E-state index contributed by atoms with van der Waals surface area (Å²) in [5.41, 5.74) is 4.21. The molecule has 4 N–H and O–H groups in total. The van der Waals surface area contributed by atoms with Crippen LogP contribution in [-0.4, -0.2) is 44.5 Å². The maximum absolute atomic E-state index is 13.7. The molecule has 7 nitrogen and oxygen atoms in total. The predicted molar refractivity (Wildman–Crippen MR) is 54.9 cm³/mol. The minimum absolute atomic E-state index is 0.114. The summed E-state index contributed by atoms with van der Waals surface area (Å²) in [5.74, 6) is -3.83. The topological polar surface area (TPSA) is 111 Å². The molecule has 1 unspecified atom stereocenters. The summed E-state index contributed by atoms with van der Waals surface area (Å²) in [6, 6.07) is 1.15. The number of ether oxygens (including phenoxy) is 1. The number of anilines is 1. The molecule has 2 heterocycles. The average molecular weight is 263 g/mol. The van der Waals surface area contributed by atoms with Gasteiger partial charge in [0.15, 0.2) is 6.10 Å². The number of aromatic nitrogens is 2. The number of alkyl halides is 2. The van der Waals surface area contributed by atoms with Gasteiger partial charge in [-0.25, -0.2) is 4.79 Å².